The van der Waals surface area contributed by atoms with Gasteiger partial charge in [-0.25, -0.2) is 9.18 Å². The van der Waals surface area contributed by atoms with Gasteiger partial charge in [0.2, 0.25) is 0 Å². The lowest BCUT2D eigenvalue weighted by atomic mass is 10.3. The molecule has 2 rings (SSSR count). The fourth-order valence-electron chi connectivity index (χ4n) is 1.53. The number of hydrogen-bond acceptors (Lipinski definition) is 3. The summed E-state index contributed by atoms with van der Waals surface area (Å²) in [5, 5.41) is 17.8. The lowest BCUT2D eigenvalue weighted by Crippen LogP contribution is -2.19. The first-order chi connectivity index (χ1) is 9.58. The lowest BCUT2D eigenvalue weighted by Gasteiger charge is -2.07. The minimum Gasteiger partial charge on any atom is -0.394 e. The Morgan fingerprint density at radius 1 is 1.45 bits per heavy atom. The van der Waals surface area contributed by atoms with E-state index in [2.05, 4.69) is 15.7 Å². The summed E-state index contributed by atoms with van der Waals surface area (Å²) in [4.78, 5) is 11.7. The van der Waals surface area contributed by atoms with E-state index in [0.717, 1.165) is 6.07 Å². The van der Waals surface area contributed by atoms with Crippen molar-refractivity contribution in [2.24, 2.45) is 0 Å². The quantitative estimate of drug-likeness (QED) is 0.810. The van der Waals surface area contributed by atoms with Crippen molar-refractivity contribution in [1.29, 1.82) is 0 Å². The normalized spacial score (nSPS) is 10.3. The largest absolute Gasteiger partial charge is 0.394 e. The first kappa shape index (κ1) is 14.3. The van der Waals surface area contributed by atoms with Crippen LogP contribution in [0.5, 0.6) is 0 Å². The van der Waals surface area contributed by atoms with E-state index in [-0.39, 0.29) is 11.6 Å². The SMILES string of the molecule is O=C(Nc1cnn(CCO)c1)Nc1ccc(F)cc1Cl. The number of carbonyl (C=O) groups excluding carboxylic acids is 1. The monoisotopic (exact) mass is 298 g/mol. The Kier molecular flexibility index (Phi) is 4.54. The van der Waals surface area contributed by atoms with E-state index >= 15 is 0 Å². The number of benzene rings is 1. The zero-order chi connectivity index (χ0) is 14.5. The van der Waals surface area contributed by atoms with Crippen LogP contribution in [-0.4, -0.2) is 27.5 Å². The van der Waals surface area contributed by atoms with Crippen LogP contribution in [0.4, 0.5) is 20.6 Å². The van der Waals surface area contributed by atoms with Crippen LogP contribution >= 0.6 is 11.6 Å². The van der Waals surface area contributed by atoms with Crippen molar-refractivity contribution in [3.63, 3.8) is 0 Å². The van der Waals surface area contributed by atoms with Crippen molar-refractivity contribution in [1.82, 2.24) is 9.78 Å². The smallest absolute Gasteiger partial charge is 0.323 e. The van der Waals surface area contributed by atoms with Crippen molar-refractivity contribution in [2.75, 3.05) is 17.2 Å². The minimum absolute atomic E-state index is 0.0432. The number of aromatic nitrogens is 2. The Hall–Kier alpha value is -2.12. The van der Waals surface area contributed by atoms with E-state index < -0.39 is 11.8 Å². The summed E-state index contributed by atoms with van der Waals surface area (Å²) in [7, 11) is 0. The topological polar surface area (TPSA) is 79.2 Å². The van der Waals surface area contributed by atoms with Crippen LogP contribution in [-0.2, 0) is 6.54 Å². The third-order valence-corrected chi connectivity index (χ3v) is 2.71. The lowest BCUT2D eigenvalue weighted by molar-refractivity contribution is 0.262. The molecule has 0 aliphatic carbocycles. The third kappa shape index (κ3) is 3.69. The molecule has 0 aliphatic rings. The van der Waals surface area contributed by atoms with Gasteiger partial charge in [-0.15, -0.1) is 0 Å². The van der Waals surface area contributed by atoms with Crippen molar-refractivity contribution < 1.29 is 14.3 Å². The van der Waals surface area contributed by atoms with Gasteiger partial charge >= 0.3 is 6.03 Å². The maximum Gasteiger partial charge on any atom is 0.323 e. The van der Waals surface area contributed by atoms with E-state index in [1.807, 2.05) is 0 Å². The van der Waals surface area contributed by atoms with Crippen LogP contribution in [0.2, 0.25) is 5.02 Å². The number of aliphatic hydroxyl groups is 1. The first-order valence-corrected chi connectivity index (χ1v) is 6.12. The summed E-state index contributed by atoms with van der Waals surface area (Å²) < 4.78 is 14.3. The van der Waals surface area contributed by atoms with Crippen molar-refractivity contribution in [3.05, 3.63) is 41.4 Å². The van der Waals surface area contributed by atoms with Gasteiger partial charge in [0.25, 0.3) is 0 Å². The predicted molar refractivity (Wildman–Crippen MR) is 73.4 cm³/mol. The fourth-order valence-corrected chi connectivity index (χ4v) is 1.74. The van der Waals surface area contributed by atoms with Gasteiger partial charge in [0.15, 0.2) is 0 Å². The van der Waals surface area contributed by atoms with E-state index in [4.69, 9.17) is 16.7 Å². The number of aliphatic hydroxyl groups excluding tert-OH is 1. The highest BCUT2D eigenvalue weighted by Gasteiger charge is 2.08. The zero-order valence-corrected chi connectivity index (χ0v) is 11.1. The third-order valence-electron chi connectivity index (χ3n) is 2.40. The Morgan fingerprint density at radius 2 is 2.25 bits per heavy atom. The molecule has 0 saturated heterocycles. The van der Waals surface area contributed by atoms with E-state index in [0.29, 0.717) is 17.9 Å². The summed E-state index contributed by atoms with van der Waals surface area (Å²) >= 11 is 5.80. The molecule has 1 aromatic carbocycles. The fraction of sp³-hybridized carbons (Fsp3) is 0.167. The van der Waals surface area contributed by atoms with Crippen LogP contribution in [0, 0.1) is 5.82 Å². The van der Waals surface area contributed by atoms with Crippen LogP contribution in [0.15, 0.2) is 30.6 Å². The second-order valence-corrected chi connectivity index (χ2v) is 4.33. The van der Waals surface area contributed by atoms with Crippen LogP contribution < -0.4 is 10.6 Å². The molecule has 1 heterocycles. The molecule has 106 valence electrons. The van der Waals surface area contributed by atoms with Gasteiger partial charge in [-0.1, -0.05) is 11.6 Å². The van der Waals surface area contributed by atoms with Gasteiger partial charge in [0.1, 0.15) is 5.82 Å². The number of halogens is 2. The van der Waals surface area contributed by atoms with Gasteiger partial charge in [0.05, 0.1) is 35.7 Å². The highest BCUT2D eigenvalue weighted by atomic mass is 35.5. The maximum atomic E-state index is 12.9. The van der Waals surface area contributed by atoms with E-state index in [1.54, 1.807) is 6.20 Å². The molecule has 0 saturated carbocycles. The number of urea groups is 1. The summed E-state index contributed by atoms with van der Waals surface area (Å²) in [5.74, 6) is -0.480. The summed E-state index contributed by atoms with van der Waals surface area (Å²) in [6, 6.07) is 3.14. The molecule has 0 radical (unpaired) electrons. The standard InChI is InChI=1S/C12H12ClFN4O2/c13-10-5-8(14)1-2-11(10)17-12(20)16-9-6-15-18(7-9)3-4-19/h1-2,5-7,19H,3-4H2,(H2,16,17,20). The molecule has 8 heteroatoms. The molecule has 1 aromatic heterocycles. The first-order valence-electron chi connectivity index (χ1n) is 5.75. The second kappa shape index (κ2) is 6.36. The zero-order valence-electron chi connectivity index (χ0n) is 10.3. The van der Waals surface area contributed by atoms with Crippen molar-refractivity contribution in [2.45, 2.75) is 6.54 Å². The van der Waals surface area contributed by atoms with Crippen LogP contribution in [0.1, 0.15) is 0 Å². The molecule has 0 bridgehead atoms. The van der Waals surface area contributed by atoms with Crippen molar-refractivity contribution in [3.8, 4) is 0 Å². The number of carbonyl (C=O) groups is 1. The molecule has 2 amide bonds. The van der Waals surface area contributed by atoms with Gasteiger partial charge in [-0.3, -0.25) is 4.68 Å². The Labute approximate surface area is 119 Å². The molecule has 6 nitrogen and oxygen atoms in total. The summed E-state index contributed by atoms with van der Waals surface area (Å²) in [6.07, 6.45) is 3.02. The van der Waals surface area contributed by atoms with Gasteiger partial charge in [0, 0.05) is 6.20 Å². The molecule has 20 heavy (non-hydrogen) atoms. The molecular formula is C12H12ClFN4O2. The Bertz CT molecular complexity index is 617. The highest BCUT2D eigenvalue weighted by Crippen LogP contribution is 2.22. The highest BCUT2D eigenvalue weighted by molar-refractivity contribution is 6.33. The molecular weight excluding hydrogens is 287 g/mol. The molecule has 3 N–H and O–H groups in total. The Morgan fingerprint density at radius 3 is 2.95 bits per heavy atom. The molecule has 0 fully saturated rings. The molecule has 0 spiro atoms. The number of nitrogens with zero attached hydrogens (tertiary/aromatic N) is 2. The Balaban J connectivity index is 1.97. The van der Waals surface area contributed by atoms with E-state index in [1.165, 1.54) is 23.0 Å². The molecule has 2 aromatic rings. The molecule has 0 atom stereocenters. The number of nitrogens with one attached hydrogen (secondary N) is 2. The number of hydrogen-bond donors (Lipinski definition) is 3. The van der Waals surface area contributed by atoms with Gasteiger partial charge < -0.3 is 15.7 Å². The number of rotatable bonds is 4. The number of amides is 2. The van der Waals surface area contributed by atoms with Crippen LogP contribution in [0.25, 0.3) is 0 Å². The summed E-state index contributed by atoms with van der Waals surface area (Å²) in [6.45, 7) is 0.297. The second-order valence-electron chi connectivity index (χ2n) is 3.92. The van der Waals surface area contributed by atoms with Gasteiger partial charge in [-0.05, 0) is 18.2 Å². The van der Waals surface area contributed by atoms with E-state index in [9.17, 15) is 9.18 Å². The van der Waals surface area contributed by atoms with Gasteiger partial charge in [-0.2, -0.15) is 5.10 Å². The predicted octanol–water partition coefficient (Wildman–Crippen LogP) is 2.31. The van der Waals surface area contributed by atoms with Crippen LogP contribution in [0.3, 0.4) is 0 Å². The average Bonchev–Trinajstić information content (AvgIpc) is 2.81. The van der Waals surface area contributed by atoms with Crippen molar-refractivity contribution >= 4 is 29.0 Å². The maximum absolute atomic E-state index is 12.9. The molecule has 0 aliphatic heterocycles. The molecule has 0 unspecified atom stereocenters. The number of anilines is 2. The summed E-state index contributed by atoms with van der Waals surface area (Å²) in [5.41, 5.74) is 0.766. The minimum atomic E-state index is -0.526. The average molecular weight is 299 g/mol.